The van der Waals surface area contributed by atoms with Gasteiger partial charge in [0.2, 0.25) is 0 Å². The first-order chi connectivity index (χ1) is 11.1. The van der Waals surface area contributed by atoms with Crippen molar-refractivity contribution < 1.29 is 23.6 Å². The summed E-state index contributed by atoms with van der Waals surface area (Å²) in [4.78, 5) is 25.8. The number of nitro groups is 1. The monoisotopic (exact) mass is 343 g/mol. The van der Waals surface area contributed by atoms with Crippen molar-refractivity contribution in [2.75, 3.05) is 20.2 Å². The Morgan fingerprint density at radius 3 is 2.50 bits per heavy atom. The highest BCUT2D eigenvalue weighted by molar-refractivity contribution is 5.68. The van der Waals surface area contributed by atoms with Crippen LogP contribution in [0.15, 0.2) is 18.3 Å². The maximum Gasteiger partial charge on any atom is 0.410 e. The zero-order valence-electron chi connectivity index (χ0n) is 14.2. The third kappa shape index (κ3) is 6.76. The normalized spacial score (nSPS) is 16.9. The fourth-order valence-corrected chi connectivity index (χ4v) is 1.81. The maximum absolute atomic E-state index is 12.7. The Morgan fingerprint density at radius 1 is 1.46 bits per heavy atom. The minimum atomic E-state index is -0.882. The highest BCUT2D eigenvalue weighted by atomic mass is 19.1. The lowest BCUT2D eigenvalue weighted by atomic mass is 10.2. The molecule has 8 nitrogen and oxygen atoms in total. The Balaban J connectivity index is 0.000000243. The summed E-state index contributed by atoms with van der Waals surface area (Å²) in [6.45, 7) is 6.04. The second-order valence-corrected chi connectivity index (χ2v) is 6.13. The van der Waals surface area contributed by atoms with Gasteiger partial charge in [-0.1, -0.05) is 0 Å². The maximum atomic E-state index is 12.7. The molecule has 1 saturated heterocycles. The molecule has 1 atom stereocenters. The Hall–Kier alpha value is -2.45. The largest absolute Gasteiger partial charge is 0.493 e. The number of ether oxygens (including phenoxy) is 2. The number of hydrogen-bond acceptors (Lipinski definition) is 6. The molecular weight excluding hydrogens is 321 g/mol. The fourth-order valence-electron chi connectivity index (χ4n) is 1.81. The van der Waals surface area contributed by atoms with E-state index in [-0.39, 0.29) is 12.4 Å². The van der Waals surface area contributed by atoms with Gasteiger partial charge in [-0.2, -0.15) is 0 Å². The fraction of sp³-hybridized carbons (Fsp3) is 0.600. The molecule has 0 aliphatic carbocycles. The number of aromatic nitrogens is 1. The van der Waals surface area contributed by atoms with E-state index < -0.39 is 22.8 Å². The quantitative estimate of drug-likeness (QED) is 0.605. The molecule has 9 heteroatoms. The van der Waals surface area contributed by atoms with E-state index in [1.807, 2.05) is 0 Å². The lowest BCUT2D eigenvalue weighted by molar-refractivity contribution is -0.389. The van der Waals surface area contributed by atoms with E-state index in [0.29, 0.717) is 18.7 Å². The predicted molar refractivity (Wildman–Crippen MR) is 84.8 cm³/mol. The van der Waals surface area contributed by atoms with Gasteiger partial charge in [-0.05, 0) is 43.2 Å². The number of pyridine rings is 1. The molecule has 1 aliphatic heterocycles. The van der Waals surface area contributed by atoms with Crippen LogP contribution in [0, 0.1) is 10.1 Å². The second kappa shape index (κ2) is 8.42. The molecule has 134 valence electrons. The summed E-state index contributed by atoms with van der Waals surface area (Å²) in [6, 6.07) is 2.78. The van der Waals surface area contributed by atoms with Crippen LogP contribution in [0.25, 0.3) is 0 Å². The molecule has 0 saturated carbocycles. The summed E-state index contributed by atoms with van der Waals surface area (Å²) in [6.07, 6.45) is 0.442. The summed E-state index contributed by atoms with van der Waals surface area (Å²) in [5.41, 5.74) is -0.495. The van der Waals surface area contributed by atoms with Gasteiger partial charge in [0.1, 0.15) is 11.8 Å². The topological polar surface area (TPSA) is 94.8 Å². The molecule has 24 heavy (non-hydrogen) atoms. The molecule has 1 aromatic heterocycles. The molecular formula is C15H22FN3O5. The molecule has 1 aliphatic rings. The van der Waals surface area contributed by atoms with E-state index in [0.717, 1.165) is 0 Å². The van der Waals surface area contributed by atoms with E-state index in [4.69, 9.17) is 9.47 Å². The third-order valence-electron chi connectivity index (χ3n) is 2.93. The van der Waals surface area contributed by atoms with Crippen molar-refractivity contribution in [3.8, 4) is 5.75 Å². The van der Waals surface area contributed by atoms with Gasteiger partial charge in [-0.15, -0.1) is 0 Å². The van der Waals surface area contributed by atoms with Crippen LogP contribution in [0.2, 0.25) is 0 Å². The molecule has 2 rings (SSSR count). The standard InChI is InChI=1S/C9H16FNO2.C6H6N2O3/c1-9(2,3)13-8(12)11-5-4-7(10)6-11;1-11-5-2-3-6(7-4-5)8(9)10/h7H,4-6H2,1-3H3;2-4H,1H3. The molecule has 0 spiro atoms. The van der Waals surface area contributed by atoms with Crippen LogP contribution in [0.5, 0.6) is 5.75 Å². The van der Waals surface area contributed by atoms with Crippen molar-refractivity contribution in [2.45, 2.75) is 39.0 Å². The number of likely N-dealkylation sites (tertiary alicyclic amines) is 1. The van der Waals surface area contributed by atoms with Gasteiger partial charge in [-0.3, -0.25) is 0 Å². The number of alkyl halides is 1. The van der Waals surface area contributed by atoms with Crippen molar-refractivity contribution in [1.82, 2.24) is 9.88 Å². The van der Waals surface area contributed by atoms with E-state index in [2.05, 4.69) is 4.98 Å². The summed E-state index contributed by atoms with van der Waals surface area (Å²) in [5, 5.41) is 10.1. The van der Waals surface area contributed by atoms with Gasteiger partial charge in [0.05, 0.1) is 13.7 Å². The summed E-state index contributed by atoms with van der Waals surface area (Å²) in [7, 11) is 1.48. The third-order valence-corrected chi connectivity index (χ3v) is 2.93. The Kier molecular flexibility index (Phi) is 6.87. The van der Waals surface area contributed by atoms with Gasteiger partial charge in [0.25, 0.3) is 0 Å². The number of carbonyl (C=O) groups is 1. The van der Waals surface area contributed by atoms with Crippen molar-refractivity contribution >= 4 is 11.9 Å². The van der Waals surface area contributed by atoms with Crippen LogP contribution in [0.3, 0.4) is 0 Å². The van der Waals surface area contributed by atoms with Crippen LogP contribution in [0.4, 0.5) is 15.0 Å². The Bertz CT molecular complexity index is 559. The number of rotatable bonds is 2. The number of hydrogen-bond donors (Lipinski definition) is 0. The highest BCUT2D eigenvalue weighted by Crippen LogP contribution is 2.16. The van der Waals surface area contributed by atoms with Crippen LogP contribution < -0.4 is 4.74 Å². The molecule has 1 aromatic rings. The SMILES string of the molecule is CC(C)(C)OC(=O)N1CCC(F)C1.COc1ccc([N+](=O)[O-])nc1. The predicted octanol–water partition coefficient (Wildman–Crippen LogP) is 2.96. The van der Waals surface area contributed by atoms with Crippen LogP contribution in [-0.2, 0) is 4.74 Å². The van der Waals surface area contributed by atoms with E-state index >= 15 is 0 Å². The average Bonchev–Trinajstić information content (AvgIpc) is 2.93. The van der Waals surface area contributed by atoms with Gasteiger partial charge in [0.15, 0.2) is 11.9 Å². The molecule has 1 unspecified atom stereocenters. The first-order valence-electron chi connectivity index (χ1n) is 7.39. The van der Waals surface area contributed by atoms with Gasteiger partial charge in [-0.25, -0.2) is 9.18 Å². The molecule has 2 heterocycles. The van der Waals surface area contributed by atoms with Crippen LogP contribution >= 0.6 is 0 Å². The molecule has 1 amide bonds. The molecule has 0 radical (unpaired) electrons. The Labute approximate surface area is 139 Å². The Morgan fingerprint density at radius 2 is 2.12 bits per heavy atom. The van der Waals surface area contributed by atoms with Gasteiger partial charge >= 0.3 is 11.9 Å². The number of methoxy groups -OCH3 is 1. The minimum absolute atomic E-state index is 0.175. The second-order valence-electron chi connectivity index (χ2n) is 6.13. The van der Waals surface area contributed by atoms with E-state index in [9.17, 15) is 19.3 Å². The summed E-state index contributed by atoms with van der Waals surface area (Å²) in [5.74, 6) is 0.335. The molecule has 0 bridgehead atoms. The van der Waals surface area contributed by atoms with Crippen molar-refractivity contribution in [1.29, 1.82) is 0 Å². The zero-order valence-corrected chi connectivity index (χ0v) is 14.2. The molecule has 0 N–H and O–H groups in total. The van der Waals surface area contributed by atoms with E-state index in [1.54, 1.807) is 20.8 Å². The molecule has 1 fully saturated rings. The first-order valence-corrected chi connectivity index (χ1v) is 7.39. The van der Waals surface area contributed by atoms with Gasteiger partial charge in [0, 0.05) is 12.6 Å². The van der Waals surface area contributed by atoms with Crippen molar-refractivity contribution in [3.63, 3.8) is 0 Å². The van der Waals surface area contributed by atoms with Crippen LogP contribution in [-0.4, -0.2) is 52.9 Å². The number of amides is 1. The number of carbonyl (C=O) groups excluding carboxylic acids is 1. The molecule has 0 aromatic carbocycles. The first kappa shape index (κ1) is 19.6. The van der Waals surface area contributed by atoms with Crippen LogP contribution in [0.1, 0.15) is 27.2 Å². The lowest BCUT2D eigenvalue weighted by Gasteiger charge is -2.23. The van der Waals surface area contributed by atoms with Crippen molar-refractivity contribution in [3.05, 3.63) is 28.4 Å². The van der Waals surface area contributed by atoms with Crippen molar-refractivity contribution in [2.24, 2.45) is 0 Å². The van der Waals surface area contributed by atoms with E-state index in [1.165, 1.54) is 30.3 Å². The van der Waals surface area contributed by atoms with Gasteiger partial charge < -0.3 is 24.5 Å². The zero-order chi connectivity index (χ0) is 18.3. The number of nitrogens with zero attached hydrogens (tertiary/aromatic N) is 3. The minimum Gasteiger partial charge on any atom is -0.493 e. The number of halogens is 1. The summed E-state index contributed by atoms with van der Waals surface area (Å²) < 4.78 is 22.6. The average molecular weight is 343 g/mol. The highest BCUT2D eigenvalue weighted by Gasteiger charge is 2.29. The lowest BCUT2D eigenvalue weighted by Crippen LogP contribution is -2.35. The summed E-state index contributed by atoms with van der Waals surface area (Å²) >= 11 is 0. The smallest absolute Gasteiger partial charge is 0.410 e.